The Morgan fingerprint density at radius 2 is 1.81 bits per heavy atom. The first-order chi connectivity index (χ1) is 9.77. The lowest BCUT2D eigenvalue weighted by atomic mass is 10.2. The summed E-state index contributed by atoms with van der Waals surface area (Å²) in [5.41, 5.74) is 1.75. The predicted molar refractivity (Wildman–Crippen MR) is 92.0 cm³/mol. The maximum atomic E-state index is 11.3. The Bertz CT molecular complexity index is 782. The highest BCUT2D eigenvalue weighted by Crippen LogP contribution is 2.27. The van der Waals surface area contributed by atoms with Crippen molar-refractivity contribution >= 4 is 59.2 Å². The molecule has 2 rings (SSSR count). The molecule has 112 valence electrons. The second-order valence-corrected chi connectivity index (χ2v) is 7.98. The number of rotatable bonds is 4. The van der Waals surface area contributed by atoms with Gasteiger partial charge in [0.05, 0.1) is 4.90 Å². The van der Waals surface area contributed by atoms with Crippen LogP contribution in [0.5, 0.6) is 0 Å². The molecule has 21 heavy (non-hydrogen) atoms. The Morgan fingerprint density at radius 3 is 2.43 bits per heavy atom. The molecule has 0 aliphatic carbocycles. The molecule has 0 spiro atoms. The zero-order valence-electron chi connectivity index (χ0n) is 10.6. The van der Waals surface area contributed by atoms with Crippen LogP contribution in [0, 0.1) is 0 Å². The third kappa shape index (κ3) is 4.43. The lowest BCUT2D eigenvalue weighted by Crippen LogP contribution is -2.12. The number of nitrogens with two attached hydrogens (primary N) is 1. The lowest BCUT2D eigenvalue weighted by Gasteiger charge is -2.11. The van der Waals surface area contributed by atoms with Crippen LogP contribution in [0.2, 0.25) is 5.02 Å². The zero-order chi connectivity index (χ0) is 15.6. The number of sulfonamides is 1. The molecule has 0 radical (unpaired) electrons. The van der Waals surface area contributed by atoms with Gasteiger partial charge in [0.2, 0.25) is 10.0 Å². The van der Waals surface area contributed by atoms with Gasteiger partial charge in [0.25, 0.3) is 0 Å². The molecule has 0 amide bonds. The summed E-state index contributed by atoms with van der Waals surface area (Å²) in [5, 5.41) is 8.94. The summed E-state index contributed by atoms with van der Waals surface area (Å²) in [7, 11) is -3.70. The molecular formula is C13H11Br2ClN2O2S. The van der Waals surface area contributed by atoms with Gasteiger partial charge in [-0.25, -0.2) is 13.6 Å². The zero-order valence-corrected chi connectivity index (χ0v) is 15.4. The van der Waals surface area contributed by atoms with Crippen LogP contribution in [0.3, 0.4) is 0 Å². The number of halogens is 3. The van der Waals surface area contributed by atoms with Crippen LogP contribution >= 0.6 is 43.5 Å². The van der Waals surface area contributed by atoms with Gasteiger partial charge in [-0.2, -0.15) is 0 Å². The van der Waals surface area contributed by atoms with Gasteiger partial charge in [-0.3, -0.25) is 0 Å². The van der Waals surface area contributed by atoms with Crippen LogP contribution < -0.4 is 10.5 Å². The average Bonchev–Trinajstić information content (AvgIpc) is 2.40. The number of benzene rings is 2. The third-order valence-corrected chi connectivity index (χ3v) is 5.32. The normalized spacial score (nSPS) is 11.4. The number of hydrogen-bond donors (Lipinski definition) is 2. The van der Waals surface area contributed by atoms with Crippen molar-refractivity contribution in [2.45, 2.75) is 11.4 Å². The van der Waals surface area contributed by atoms with Crippen molar-refractivity contribution in [3.63, 3.8) is 0 Å². The van der Waals surface area contributed by atoms with E-state index in [1.165, 1.54) is 12.1 Å². The molecule has 0 unspecified atom stereocenters. The summed E-state index contributed by atoms with van der Waals surface area (Å²) >= 11 is 12.7. The van der Waals surface area contributed by atoms with Gasteiger partial charge in [0.1, 0.15) is 0 Å². The predicted octanol–water partition coefficient (Wildman–Crippen LogP) is 4.12. The minimum absolute atomic E-state index is 0.0591. The van der Waals surface area contributed by atoms with Crippen molar-refractivity contribution in [3.05, 3.63) is 55.9 Å². The van der Waals surface area contributed by atoms with E-state index in [9.17, 15) is 8.42 Å². The molecule has 0 atom stereocenters. The second kappa shape index (κ2) is 6.66. The Kier molecular flexibility index (Phi) is 5.32. The van der Waals surface area contributed by atoms with Crippen molar-refractivity contribution in [2.24, 2.45) is 5.14 Å². The molecule has 0 bridgehead atoms. The van der Waals surface area contributed by atoms with E-state index in [1.54, 1.807) is 12.1 Å². The first-order valence-corrected chi connectivity index (χ1v) is 9.28. The van der Waals surface area contributed by atoms with E-state index >= 15 is 0 Å². The van der Waals surface area contributed by atoms with Gasteiger partial charge in [-0.05, 0) is 57.9 Å². The summed E-state index contributed by atoms with van der Waals surface area (Å²) in [6.45, 7) is 0.536. The highest BCUT2D eigenvalue weighted by molar-refractivity contribution is 9.11. The smallest absolute Gasteiger partial charge is 0.238 e. The van der Waals surface area contributed by atoms with Crippen molar-refractivity contribution in [2.75, 3.05) is 5.32 Å². The molecule has 0 aliphatic rings. The van der Waals surface area contributed by atoms with E-state index in [1.807, 2.05) is 12.1 Å². The van der Waals surface area contributed by atoms with Crippen LogP contribution in [-0.4, -0.2) is 8.42 Å². The van der Waals surface area contributed by atoms with Gasteiger partial charge < -0.3 is 5.32 Å². The van der Waals surface area contributed by atoms with Crippen LogP contribution in [-0.2, 0) is 16.6 Å². The Labute approximate surface area is 145 Å². The van der Waals surface area contributed by atoms with Gasteiger partial charge in [-0.1, -0.05) is 27.5 Å². The first-order valence-electron chi connectivity index (χ1n) is 5.77. The standard InChI is InChI=1S/C13H11Br2ClN2O2S/c14-11-3-1-9(16)5-8(11)7-18-13-4-2-10(6-12(13)15)21(17,19)20/h1-6,18H,7H2,(H2,17,19,20). The largest absolute Gasteiger partial charge is 0.380 e. The van der Waals surface area contributed by atoms with E-state index in [4.69, 9.17) is 16.7 Å². The van der Waals surface area contributed by atoms with Gasteiger partial charge >= 0.3 is 0 Å². The number of nitrogens with one attached hydrogen (secondary N) is 1. The van der Waals surface area contributed by atoms with Gasteiger partial charge in [0, 0.05) is 26.2 Å². The molecule has 8 heteroatoms. The summed E-state index contributed by atoms with van der Waals surface area (Å²) in [4.78, 5) is 0.0591. The van der Waals surface area contributed by atoms with Gasteiger partial charge in [-0.15, -0.1) is 0 Å². The van der Waals surface area contributed by atoms with E-state index in [-0.39, 0.29) is 4.90 Å². The molecule has 0 saturated carbocycles. The molecule has 0 aromatic heterocycles. The minimum atomic E-state index is -3.70. The highest BCUT2D eigenvalue weighted by atomic mass is 79.9. The fraction of sp³-hybridized carbons (Fsp3) is 0.0769. The average molecular weight is 455 g/mol. The van der Waals surface area contributed by atoms with Crippen molar-refractivity contribution < 1.29 is 8.42 Å². The Hall–Kier alpha value is -0.600. The van der Waals surface area contributed by atoms with Crippen molar-refractivity contribution in [1.82, 2.24) is 0 Å². The molecule has 0 saturated heterocycles. The van der Waals surface area contributed by atoms with Crippen molar-refractivity contribution in [3.8, 4) is 0 Å². The lowest BCUT2D eigenvalue weighted by molar-refractivity contribution is 0.598. The third-order valence-electron chi connectivity index (χ3n) is 2.75. The monoisotopic (exact) mass is 452 g/mol. The van der Waals surface area contributed by atoms with Crippen LogP contribution in [0.1, 0.15) is 5.56 Å². The van der Waals surface area contributed by atoms with E-state index in [0.29, 0.717) is 16.0 Å². The van der Waals surface area contributed by atoms with Gasteiger partial charge in [0.15, 0.2) is 0 Å². The Balaban J connectivity index is 2.19. The second-order valence-electron chi connectivity index (χ2n) is 4.28. The molecule has 4 nitrogen and oxygen atoms in total. The minimum Gasteiger partial charge on any atom is -0.380 e. The number of anilines is 1. The highest BCUT2D eigenvalue weighted by Gasteiger charge is 2.10. The summed E-state index contributed by atoms with van der Waals surface area (Å²) in [6.07, 6.45) is 0. The molecule has 2 aromatic carbocycles. The fourth-order valence-corrected chi connectivity index (χ4v) is 3.48. The summed E-state index contributed by atoms with van der Waals surface area (Å²) in [5.74, 6) is 0. The SMILES string of the molecule is NS(=O)(=O)c1ccc(NCc2cc(Cl)ccc2Br)c(Br)c1. The van der Waals surface area contributed by atoms with E-state index in [0.717, 1.165) is 15.7 Å². The molecule has 0 heterocycles. The maximum absolute atomic E-state index is 11.3. The molecular weight excluding hydrogens is 443 g/mol. The van der Waals surface area contributed by atoms with E-state index < -0.39 is 10.0 Å². The topological polar surface area (TPSA) is 72.2 Å². The maximum Gasteiger partial charge on any atom is 0.238 e. The fourth-order valence-electron chi connectivity index (χ4n) is 1.69. The molecule has 2 aromatic rings. The van der Waals surface area contributed by atoms with Crippen molar-refractivity contribution in [1.29, 1.82) is 0 Å². The molecule has 0 aliphatic heterocycles. The number of primary sulfonamides is 1. The van der Waals surface area contributed by atoms with Crippen LogP contribution in [0.4, 0.5) is 5.69 Å². The van der Waals surface area contributed by atoms with Crippen LogP contribution in [0.15, 0.2) is 50.2 Å². The van der Waals surface area contributed by atoms with E-state index in [2.05, 4.69) is 37.2 Å². The first kappa shape index (κ1) is 16.8. The number of hydrogen-bond acceptors (Lipinski definition) is 3. The summed E-state index contributed by atoms with van der Waals surface area (Å²) in [6, 6.07) is 10.1. The molecule has 0 fully saturated rings. The van der Waals surface area contributed by atoms with Crippen LogP contribution in [0.25, 0.3) is 0 Å². The molecule has 3 N–H and O–H groups in total. The summed E-state index contributed by atoms with van der Waals surface area (Å²) < 4.78 is 24.1. The quantitative estimate of drug-likeness (QED) is 0.730. The Morgan fingerprint density at radius 1 is 1.10 bits per heavy atom.